The van der Waals surface area contributed by atoms with Crippen LogP contribution in [-0.2, 0) is 0 Å². The fraction of sp³-hybridized carbons (Fsp3) is 1.00. The number of hydrogen-bond donors (Lipinski definition) is 0. The molecule has 0 saturated carbocycles. The normalized spacial score (nSPS) is 12.7. The Morgan fingerprint density at radius 1 is 1.29 bits per heavy atom. The lowest BCUT2D eigenvalue weighted by Crippen LogP contribution is -2.09. The SMILES string of the molecule is CC(C)[C](C)(C)[Al]. The van der Waals surface area contributed by atoms with Gasteiger partial charge in [0.05, 0.1) is 0 Å². The van der Waals surface area contributed by atoms with E-state index in [-0.39, 0.29) is 0 Å². The molecule has 0 aliphatic carbocycles. The van der Waals surface area contributed by atoms with Gasteiger partial charge in [0.1, 0.15) is 16.3 Å². The zero-order chi connectivity index (χ0) is 6.08. The summed E-state index contributed by atoms with van der Waals surface area (Å²) >= 11 is 2.83. The molecule has 0 aromatic heterocycles. The van der Waals surface area contributed by atoms with Crippen LogP contribution in [0.5, 0.6) is 0 Å². The Morgan fingerprint density at radius 2 is 1.43 bits per heavy atom. The Labute approximate surface area is 54.7 Å². The van der Waals surface area contributed by atoms with Crippen molar-refractivity contribution in [2.24, 2.45) is 5.92 Å². The molecular weight excluding hydrogens is 99.0 g/mol. The first kappa shape index (κ1) is 7.53. The average molecular weight is 112 g/mol. The van der Waals surface area contributed by atoms with Crippen molar-refractivity contribution in [3.63, 3.8) is 0 Å². The molecule has 0 aromatic carbocycles. The zero-order valence-electron chi connectivity index (χ0n) is 5.65. The maximum Gasteiger partial charge on any atom is 0.129 e. The second-order valence-electron chi connectivity index (χ2n) is 2.98. The van der Waals surface area contributed by atoms with Gasteiger partial charge in [-0.2, -0.15) is 0 Å². The lowest BCUT2D eigenvalue weighted by molar-refractivity contribution is 0.480. The van der Waals surface area contributed by atoms with Gasteiger partial charge in [0.2, 0.25) is 0 Å². The number of rotatable bonds is 1. The van der Waals surface area contributed by atoms with Crippen molar-refractivity contribution in [3.8, 4) is 0 Å². The Hall–Kier alpha value is 0.532. The summed E-state index contributed by atoms with van der Waals surface area (Å²) in [5.41, 5.74) is 0. The van der Waals surface area contributed by atoms with Gasteiger partial charge in [0.15, 0.2) is 0 Å². The molecule has 0 saturated heterocycles. The van der Waals surface area contributed by atoms with Crippen molar-refractivity contribution < 1.29 is 0 Å². The molecule has 0 heterocycles. The van der Waals surface area contributed by atoms with Crippen LogP contribution in [0, 0.1) is 5.92 Å². The molecule has 0 aromatic rings. The summed E-state index contributed by atoms with van der Waals surface area (Å²) in [7, 11) is 0. The molecule has 0 unspecified atom stereocenters. The summed E-state index contributed by atoms with van der Waals surface area (Å²) in [6, 6.07) is 0. The van der Waals surface area contributed by atoms with Crippen molar-refractivity contribution in [1.82, 2.24) is 0 Å². The third-order valence-electron chi connectivity index (χ3n) is 1.49. The van der Waals surface area contributed by atoms with Crippen LogP contribution in [-0.4, -0.2) is 16.3 Å². The molecule has 0 aliphatic heterocycles. The van der Waals surface area contributed by atoms with Crippen molar-refractivity contribution in [2.75, 3.05) is 0 Å². The molecule has 0 bridgehead atoms. The van der Waals surface area contributed by atoms with Crippen LogP contribution in [0.25, 0.3) is 0 Å². The van der Waals surface area contributed by atoms with Crippen molar-refractivity contribution in [2.45, 2.75) is 32.0 Å². The van der Waals surface area contributed by atoms with E-state index in [1.165, 1.54) is 0 Å². The lowest BCUT2D eigenvalue weighted by Gasteiger charge is -2.24. The molecule has 0 spiro atoms. The van der Waals surface area contributed by atoms with E-state index in [1.807, 2.05) is 0 Å². The molecular formula is C6H13Al. The van der Waals surface area contributed by atoms with Gasteiger partial charge in [-0.25, -0.2) is 0 Å². The largest absolute Gasteiger partial charge is 0.129 e. The Balaban J connectivity index is 3.54. The van der Waals surface area contributed by atoms with Gasteiger partial charge in [-0.05, 0) is 0 Å². The minimum absolute atomic E-state index is 0.417. The molecule has 1 heteroatoms. The quantitative estimate of drug-likeness (QED) is 0.455. The maximum atomic E-state index is 2.83. The van der Waals surface area contributed by atoms with E-state index in [4.69, 9.17) is 0 Å². The standard InChI is InChI=1S/C6H13.Al/c1-5(2)6(3)4;/h5H,1-4H3;. The molecule has 7 heavy (non-hydrogen) atoms. The van der Waals surface area contributed by atoms with Crippen LogP contribution >= 0.6 is 0 Å². The predicted octanol–water partition coefficient (Wildman–Crippen LogP) is 2.01. The van der Waals surface area contributed by atoms with Crippen molar-refractivity contribution >= 4 is 16.3 Å². The van der Waals surface area contributed by atoms with Crippen LogP contribution in [0.4, 0.5) is 0 Å². The van der Waals surface area contributed by atoms with E-state index in [2.05, 4.69) is 44.0 Å². The summed E-state index contributed by atoms with van der Waals surface area (Å²) in [5, 5.41) is 0. The van der Waals surface area contributed by atoms with Crippen LogP contribution in [0.3, 0.4) is 0 Å². The molecule has 0 rings (SSSR count). The van der Waals surface area contributed by atoms with E-state index in [0.717, 1.165) is 5.92 Å². The van der Waals surface area contributed by atoms with Crippen molar-refractivity contribution in [3.05, 3.63) is 0 Å². The van der Waals surface area contributed by atoms with Crippen LogP contribution in [0.1, 0.15) is 27.7 Å². The molecule has 0 amide bonds. The molecule has 0 N–H and O–H groups in total. The number of hydrogen-bond acceptors (Lipinski definition) is 0. The topological polar surface area (TPSA) is 0 Å². The third kappa shape index (κ3) is 3.14. The molecule has 0 fully saturated rings. The zero-order valence-corrected chi connectivity index (χ0v) is 6.81. The van der Waals surface area contributed by atoms with E-state index in [1.54, 1.807) is 0 Å². The fourth-order valence-electron chi connectivity index (χ4n) is 0. The van der Waals surface area contributed by atoms with Gasteiger partial charge in [0.25, 0.3) is 0 Å². The van der Waals surface area contributed by atoms with Crippen molar-refractivity contribution in [1.29, 1.82) is 0 Å². The van der Waals surface area contributed by atoms with Gasteiger partial charge in [0, 0.05) is 0 Å². The first-order valence-electron chi connectivity index (χ1n) is 2.73. The Bertz CT molecular complexity index is 49.7. The maximum absolute atomic E-state index is 2.83. The molecule has 40 valence electrons. The van der Waals surface area contributed by atoms with Gasteiger partial charge in [-0.1, -0.05) is 37.9 Å². The minimum atomic E-state index is 0.417. The molecule has 0 atom stereocenters. The monoisotopic (exact) mass is 112 g/mol. The summed E-state index contributed by atoms with van der Waals surface area (Å²) in [6.07, 6.45) is 0. The molecule has 0 aliphatic rings. The Kier molecular flexibility index (Phi) is 2.37. The lowest BCUT2D eigenvalue weighted by atomic mass is 9.99. The molecule has 2 radical (unpaired) electrons. The van der Waals surface area contributed by atoms with Crippen LogP contribution < -0.4 is 0 Å². The second-order valence-corrected chi connectivity index (χ2v) is 4.46. The average Bonchev–Trinajstić information content (AvgIpc) is 1.31. The highest BCUT2D eigenvalue weighted by molar-refractivity contribution is 6.14. The predicted molar refractivity (Wildman–Crippen MR) is 34.6 cm³/mol. The summed E-state index contributed by atoms with van der Waals surface area (Å²) in [5.74, 6) is 0.762. The second kappa shape index (κ2) is 2.20. The molecule has 0 nitrogen and oxygen atoms in total. The Morgan fingerprint density at radius 3 is 1.43 bits per heavy atom. The van der Waals surface area contributed by atoms with E-state index >= 15 is 0 Å². The van der Waals surface area contributed by atoms with Gasteiger partial charge in [-0.3, -0.25) is 0 Å². The fourth-order valence-corrected chi connectivity index (χ4v) is 0. The van der Waals surface area contributed by atoms with E-state index < -0.39 is 0 Å². The van der Waals surface area contributed by atoms with Gasteiger partial charge in [-0.15, -0.1) is 0 Å². The highest BCUT2D eigenvalue weighted by atomic mass is 27.0. The highest BCUT2D eigenvalue weighted by Gasteiger charge is 2.12. The van der Waals surface area contributed by atoms with Crippen LogP contribution in [0.15, 0.2) is 0 Å². The van der Waals surface area contributed by atoms with E-state index in [9.17, 15) is 0 Å². The minimum Gasteiger partial charge on any atom is -0.0999 e. The third-order valence-corrected chi connectivity index (χ3v) is 2.15. The first-order chi connectivity index (χ1) is 2.94. The van der Waals surface area contributed by atoms with Gasteiger partial charge < -0.3 is 0 Å². The highest BCUT2D eigenvalue weighted by Crippen LogP contribution is 2.28. The summed E-state index contributed by atoms with van der Waals surface area (Å²) < 4.78 is 0.417. The first-order valence-corrected chi connectivity index (χ1v) is 3.31. The van der Waals surface area contributed by atoms with Gasteiger partial charge >= 0.3 is 0 Å². The van der Waals surface area contributed by atoms with E-state index in [0.29, 0.717) is 4.28 Å². The smallest absolute Gasteiger partial charge is 0.0999 e. The van der Waals surface area contributed by atoms with Crippen LogP contribution in [0.2, 0.25) is 4.28 Å². The summed E-state index contributed by atoms with van der Waals surface area (Å²) in [6.45, 7) is 8.91. The summed E-state index contributed by atoms with van der Waals surface area (Å²) in [4.78, 5) is 0.